The maximum absolute atomic E-state index is 11.3. The minimum atomic E-state index is -0.879. The normalized spacial score (nSPS) is 14.8. The molecule has 2 radical (unpaired) electrons. The summed E-state index contributed by atoms with van der Waals surface area (Å²) in [6.07, 6.45) is 3.45. The molecule has 2 aliphatic rings. The second kappa shape index (κ2) is 55.3. The van der Waals surface area contributed by atoms with E-state index >= 15 is 0 Å². The van der Waals surface area contributed by atoms with Crippen molar-refractivity contribution in [3.8, 4) is 0 Å². The number of hydrogen-bond acceptors (Lipinski definition) is 14. The Morgan fingerprint density at radius 2 is 1.27 bits per heavy atom. The molecule has 2 heterocycles. The Labute approximate surface area is 321 Å². The summed E-state index contributed by atoms with van der Waals surface area (Å²) in [6, 6.07) is 0. The van der Waals surface area contributed by atoms with Gasteiger partial charge in [0.05, 0.1) is 6.61 Å². The fourth-order valence-corrected chi connectivity index (χ4v) is 3.44. The molecule has 0 bridgehead atoms. The van der Waals surface area contributed by atoms with Gasteiger partial charge in [-0.3, -0.25) is 9.59 Å². The van der Waals surface area contributed by atoms with Crippen molar-refractivity contribution in [2.45, 2.75) is 144 Å². The summed E-state index contributed by atoms with van der Waals surface area (Å²) in [5, 5.41) is 24.7. The van der Waals surface area contributed by atoms with Crippen LogP contribution in [0.3, 0.4) is 0 Å². The quantitative estimate of drug-likeness (QED) is 0.0876. The molecule has 0 spiro atoms. The van der Waals surface area contributed by atoms with Gasteiger partial charge in [-0.05, 0) is 52.0 Å². The van der Waals surface area contributed by atoms with Crippen LogP contribution in [0.5, 0.6) is 0 Å². The van der Waals surface area contributed by atoms with E-state index in [0.29, 0.717) is 24.4 Å². The first-order valence-electron chi connectivity index (χ1n) is 12.3. The third-order valence-electron chi connectivity index (χ3n) is 4.27. The van der Waals surface area contributed by atoms with Gasteiger partial charge in [-0.1, -0.05) is 78.6 Å². The zero-order valence-corrected chi connectivity index (χ0v) is 27.5. The largest absolute Gasteiger partial charge is 2.00 e. The van der Waals surface area contributed by atoms with Gasteiger partial charge >= 0.3 is 47.8 Å². The van der Waals surface area contributed by atoms with Gasteiger partial charge in [0.15, 0.2) is 23.4 Å². The van der Waals surface area contributed by atoms with Gasteiger partial charge in [0.1, 0.15) is 0 Å². The van der Waals surface area contributed by atoms with Gasteiger partial charge < -0.3 is 34.3 Å². The Bertz CT molecular complexity index is 672. The topological polar surface area (TPSA) is 183 Å². The number of rotatable bonds is 11. The number of hydrogen-bond donors (Lipinski definition) is 3. The van der Waals surface area contributed by atoms with E-state index in [2.05, 4.69) is 9.47 Å². The van der Waals surface area contributed by atoms with E-state index in [-0.39, 0.29) is 123 Å². The van der Waals surface area contributed by atoms with Crippen molar-refractivity contribution >= 4 is 76.4 Å². The average Bonchev–Trinajstić information content (AvgIpc) is 3.35. The molecule has 3 N–H and O–H groups in total. The summed E-state index contributed by atoms with van der Waals surface area (Å²) >= 11 is 3.12. The van der Waals surface area contributed by atoms with Crippen molar-refractivity contribution < 1.29 is 58.2 Å². The van der Waals surface area contributed by atoms with Crippen molar-refractivity contribution in [3.63, 3.8) is 0 Å². The predicted octanol–water partition coefficient (Wildman–Crippen LogP) is 6.60. The Kier molecular flexibility index (Phi) is 93.6. The number of ether oxygens (including phenoxy) is 4. The van der Waals surface area contributed by atoms with E-state index in [9.17, 15) is 24.0 Å². The second-order valence-electron chi connectivity index (χ2n) is 7.76. The smallest absolute Gasteiger partial charge is 0.463 e. The third-order valence-corrected chi connectivity index (χ3v) is 5.99. The van der Waals surface area contributed by atoms with Crippen LogP contribution in [-0.4, -0.2) is 131 Å². The van der Waals surface area contributed by atoms with E-state index in [1.807, 2.05) is 6.26 Å². The molecule has 0 saturated carbocycles. The Morgan fingerprint density at radius 3 is 1.56 bits per heavy atom. The molecule has 2 rings (SSSR count). The maximum Gasteiger partial charge on any atom is 2.00 e. The second-order valence-corrected chi connectivity index (χ2v) is 9.89. The van der Waals surface area contributed by atoms with Crippen molar-refractivity contribution in [3.05, 3.63) is 0 Å². The third kappa shape index (κ3) is 49.3. The van der Waals surface area contributed by atoms with Crippen LogP contribution in [0.15, 0.2) is 0 Å². The van der Waals surface area contributed by atoms with Gasteiger partial charge in [0.2, 0.25) is 0 Å². The summed E-state index contributed by atoms with van der Waals surface area (Å²) in [5.41, 5.74) is 0. The molecule has 3 unspecified atom stereocenters. The summed E-state index contributed by atoms with van der Waals surface area (Å²) in [5.74, 6) is 0.0324. The predicted molar refractivity (Wildman–Crippen MR) is 209 cm³/mol. The molecule has 2 fully saturated rings. The fraction of sp³-hybridized carbons (Fsp3) is 0.848. The molecule has 3 atom stereocenters. The van der Waals surface area contributed by atoms with Gasteiger partial charge in [-0.25, -0.2) is 14.4 Å². The molecular weight excluding hydrogens is 771 g/mol. The number of aliphatic hydroxyl groups excluding tert-OH is 3. The monoisotopic (exact) mass is 850 g/mol. The van der Waals surface area contributed by atoms with Crippen LogP contribution in [0.1, 0.15) is 126 Å². The summed E-state index contributed by atoms with van der Waals surface area (Å²) < 4.78 is 18.9. The van der Waals surface area contributed by atoms with Gasteiger partial charge in [0.25, 0.3) is 0 Å². The maximum atomic E-state index is 11.3. The Balaban J connectivity index is -0.0000000365. The van der Waals surface area contributed by atoms with E-state index in [0.717, 1.165) is 30.8 Å². The first kappa shape index (κ1) is 81.1. The molecule has 0 amide bonds. The summed E-state index contributed by atoms with van der Waals surface area (Å²) in [4.78, 5) is 54.1. The van der Waals surface area contributed by atoms with Crippen LogP contribution >= 0.6 is 23.5 Å². The van der Waals surface area contributed by atoms with Crippen molar-refractivity contribution in [2.75, 3.05) is 44.2 Å². The first-order valence-corrected chi connectivity index (χ1v) is 14.7. The molecule has 0 aromatic rings. The summed E-state index contributed by atoms with van der Waals surface area (Å²) in [7, 11) is 0. The molecule has 296 valence electrons. The number of aliphatic hydroxyl groups is 3. The number of thioether (sulfide) groups is 2. The van der Waals surface area contributed by atoms with Crippen LogP contribution in [0.2, 0.25) is 0 Å². The van der Waals surface area contributed by atoms with Gasteiger partial charge in [-0.2, -0.15) is 11.8 Å². The number of carbonyl (C=O) groups excluding carboxylic acids is 5. The van der Waals surface area contributed by atoms with Crippen LogP contribution in [0, 0.1) is 0 Å². The van der Waals surface area contributed by atoms with E-state index in [4.69, 9.17) is 24.8 Å². The average molecular weight is 850 g/mol. The van der Waals surface area contributed by atoms with Crippen molar-refractivity contribution in [1.82, 2.24) is 0 Å². The zero-order valence-electron chi connectivity index (χ0n) is 23.0. The van der Waals surface area contributed by atoms with Crippen molar-refractivity contribution in [2.24, 2.45) is 0 Å². The van der Waals surface area contributed by atoms with E-state index < -0.39 is 36.2 Å². The molecule has 0 aromatic carbocycles. The Morgan fingerprint density at radius 1 is 0.833 bits per heavy atom. The molecule has 12 nitrogen and oxygen atoms in total. The van der Waals surface area contributed by atoms with E-state index in [1.54, 1.807) is 11.8 Å². The minimum Gasteiger partial charge on any atom is -0.463 e. The molecular formula is C33H78O12S2Sn+2. The molecule has 48 heavy (non-hydrogen) atoms. The minimum absolute atomic E-state index is 0. The zero-order chi connectivity index (χ0) is 29.3. The van der Waals surface area contributed by atoms with Crippen LogP contribution in [-0.2, 0) is 42.9 Å². The van der Waals surface area contributed by atoms with Crippen LogP contribution in [0.25, 0.3) is 0 Å². The molecule has 2 saturated heterocycles. The van der Waals surface area contributed by atoms with E-state index in [1.165, 1.54) is 32.5 Å². The first-order chi connectivity index (χ1) is 18.0. The molecule has 0 aliphatic carbocycles. The number of carbonyl (C=O) groups is 5. The number of esters is 4. The van der Waals surface area contributed by atoms with Crippen LogP contribution in [0.4, 0.5) is 0 Å². The SMILES string of the molecule is C.C.C.C.C.C.C.C.C.CC1OC(=O)C(C)OC1=O.CSCCCC(=O)OC(C)C(=O)OCCCO.O=C1CCCS1.OCCCO.[Sn+2]. The summed E-state index contributed by atoms with van der Waals surface area (Å²) in [6.45, 7) is 4.73. The van der Waals surface area contributed by atoms with Gasteiger partial charge in [-0.15, -0.1) is 0 Å². The molecule has 0 aromatic heterocycles. The Hall–Kier alpha value is -1.07. The van der Waals surface area contributed by atoms with Crippen molar-refractivity contribution in [1.29, 1.82) is 0 Å². The fourth-order valence-electron chi connectivity index (χ4n) is 2.20. The standard InChI is InChI=1S/C11H20O5S.C6H8O4.C4H6OS.C3H8O2.9CH4.Sn/c1-9(11(14)15-7-4-6-12)16-10(13)5-3-8-17-2;1-3-5(7)10-4(2)6(8)9-3;5-4-2-1-3-6-4;4-2-1-3-5;;;;;;;;;;/h9,12H,3-8H2,1-2H3;3-4H,1-2H3;1-3H2;4-5H,1-3H2;9*1H4;/q;;;;;;;;;;;;;+2. The number of cyclic esters (lactones) is 2. The molecule has 15 heteroatoms. The van der Waals surface area contributed by atoms with Gasteiger partial charge in [0, 0.05) is 44.8 Å². The van der Waals surface area contributed by atoms with Crippen LogP contribution < -0.4 is 0 Å². The molecule has 2 aliphatic heterocycles.